The van der Waals surface area contributed by atoms with Gasteiger partial charge in [0, 0.05) is 35.9 Å². The second kappa shape index (κ2) is 5.46. The molecule has 0 saturated carbocycles. The van der Waals surface area contributed by atoms with Gasteiger partial charge in [0.2, 0.25) is 0 Å². The van der Waals surface area contributed by atoms with Crippen molar-refractivity contribution in [2.45, 2.75) is 19.0 Å². The first-order valence-corrected chi connectivity index (χ1v) is 8.58. The van der Waals surface area contributed by atoms with Crippen LogP contribution in [0.1, 0.15) is 24.6 Å². The zero-order valence-corrected chi connectivity index (χ0v) is 14.1. The van der Waals surface area contributed by atoms with E-state index in [-0.39, 0.29) is 11.2 Å². The summed E-state index contributed by atoms with van der Waals surface area (Å²) in [7, 11) is 0. The van der Waals surface area contributed by atoms with Crippen LogP contribution >= 0.6 is 11.6 Å². The van der Waals surface area contributed by atoms with Crippen molar-refractivity contribution in [3.63, 3.8) is 0 Å². The van der Waals surface area contributed by atoms with Crippen molar-refractivity contribution in [3.8, 4) is 0 Å². The third kappa shape index (κ3) is 2.28. The Labute approximate surface area is 148 Å². The van der Waals surface area contributed by atoms with Gasteiger partial charge in [-0.25, -0.2) is 13.9 Å². The Balaban J connectivity index is 1.62. The van der Waals surface area contributed by atoms with Crippen LogP contribution in [-0.4, -0.2) is 26.0 Å². The lowest BCUT2D eigenvalue weighted by atomic mass is 10.1. The molecule has 2 aromatic heterocycles. The number of benzene rings is 1. The summed E-state index contributed by atoms with van der Waals surface area (Å²) in [4.78, 5) is 8.74. The van der Waals surface area contributed by atoms with E-state index in [0.717, 1.165) is 36.3 Å². The molecular formula is C18H15ClFN5. The number of halogens is 2. The number of hydrogen-bond acceptors (Lipinski definition) is 4. The van der Waals surface area contributed by atoms with Gasteiger partial charge in [-0.2, -0.15) is 5.10 Å². The molecule has 5 nitrogen and oxygen atoms in total. The highest BCUT2D eigenvalue weighted by atomic mass is 35.5. The maximum absolute atomic E-state index is 13.6. The number of fused-ring (bicyclic) bond motifs is 2. The fourth-order valence-electron chi connectivity index (χ4n) is 3.70. The molecule has 1 saturated heterocycles. The summed E-state index contributed by atoms with van der Waals surface area (Å²) < 4.78 is 15.4. The molecule has 0 amide bonds. The Kier molecular flexibility index (Phi) is 3.21. The van der Waals surface area contributed by atoms with E-state index >= 15 is 0 Å². The molecule has 0 aliphatic carbocycles. The molecule has 1 atom stereocenters. The second-order valence-corrected chi connectivity index (χ2v) is 6.73. The van der Waals surface area contributed by atoms with E-state index in [4.69, 9.17) is 11.6 Å². The van der Waals surface area contributed by atoms with Crippen LogP contribution in [0.25, 0.3) is 5.65 Å². The predicted octanol–water partition coefficient (Wildman–Crippen LogP) is 3.98. The number of rotatable bonds is 2. The first kappa shape index (κ1) is 14.7. The number of pyridine rings is 1. The largest absolute Gasteiger partial charge is 0.349 e. The zero-order valence-electron chi connectivity index (χ0n) is 13.3. The van der Waals surface area contributed by atoms with Crippen LogP contribution in [0.3, 0.4) is 0 Å². The second-order valence-electron chi connectivity index (χ2n) is 6.32. The standard InChI is InChI=1S/C18H15ClFN5/c19-15-8-13(4-5-16(15)20)24-10-14-2-1-7-23(14)18(24)12-3-6-17-21-11-22-25(17)9-12/h3-6,8-11,18H,1-2,7H2. The van der Waals surface area contributed by atoms with Crippen LogP contribution < -0.4 is 4.90 Å². The molecule has 2 aliphatic heterocycles. The summed E-state index contributed by atoms with van der Waals surface area (Å²) in [5, 5.41) is 4.37. The van der Waals surface area contributed by atoms with E-state index in [1.807, 2.05) is 12.3 Å². The molecule has 1 unspecified atom stereocenters. The number of nitrogens with zero attached hydrogens (tertiary/aromatic N) is 5. The summed E-state index contributed by atoms with van der Waals surface area (Å²) in [5.74, 6) is -0.404. The summed E-state index contributed by atoms with van der Waals surface area (Å²) in [6.45, 7) is 0.997. The zero-order chi connectivity index (χ0) is 17.0. The molecule has 25 heavy (non-hydrogen) atoms. The van der Waals surface area contributed by atoms with Crippen molar-refractivity contribution in [3.05, 3.63) is 71.2 Å². The summed E-state index contributed by atoms with van der Waals surface area (Å²) in [6, 6.07) is 8.89. The first-order valence-electron chi connectivity index (χ1n) is 8.21. The predicted molar refractivity (Wildman–Crippen MR) is 93.6 cm³/mol. The maximum Gasteiger partial charge on any atom is 0.155 e. The lowest BCUT2D eigenvalue weighted by Gasteiger charge is -2.32. The lowest BCUT2D eigenvalue weighted by molar-refractivity contribution is 0.318. The van der Waals surface area contributed by atoms with Crippen LogP contribution in [0.5, 0.6) is 0 Å². The molecule has 4 heterocycles. The van der Waals surface area contributed by atoms with Gasteiger partial charge in [0.15, 0.2) is 5.65 Å². The Morgan fingerprint density at radius 1 is 1.20 bits per heavy atom. The Hall–Kier alpha value is -2.60. The van der Waals surface area contributed by atoms with Crippen LogP contribution in [0.2, 0.25) is 5.02 Å². The molecule has 0 radical (unpaired) electrons. The fraction of sp³-hybridized carbons (Fsp3) is 0.222. The third-order valence-corrected chi connectivity index (χ3v) is 5.13. The molecule has 1 aromatic carbocycles. The maximum atomic E-state index is 13.6. The van der Waals surface area contributed by atoms with Gasteiger partial charge < -0.3 is 9.80 Å². The van der Waals surface area contributed by atoms with Gasteiger partial charge in [0.25, 0.3) is 0 Å². The first-order chi connectivity index (χ1) is 12.2. The molecule has 1 fully saturated rings. The van der Waals surface area contributed by atoms with Crippen molar-refractivity contribution in [2.24, 2.45) is 0 Å². The Morgan fingerprint density at radius 3 is 3.00 bits per heavy atom. The molecule has 3 aromatic rings. The highest BCUT2D eigenvalue weighted by Gasteiger charge is 2.37. The summed E-state index contributed by atoms with van der Waals surface area (Å²) in [5.41, 5.74) is 4.08. The monoisotopic (exact) mass is 355 g/mol. The van der Waals surface area contributed by atoms with Gasteiger partial charge in [-0.05, 0) is 43.2 Å². The fourth-order valence-corrected chi connectivity index (χ4v) is 3.88. The summed E-state index contributed by atoms with van der Waals surface area (Å²) >= 11 is 6.01. The highest BCUT2D eigenvalue weighted by molar-refractivity contribution is 6.31. The smallest absolute Gasteiger partial charge is 0.155 e. The van der Waals surface area contributed by atoms with Crippen molar-refractivity contribution in [2.75, 3.05) is 11.4 Å². The molecule has 0 bridgehead atoms. The minimum atomic E-state index is -0.404. The lowest BCUT2D eigenvalue weighted by Crippen LogP contribution is -2.30. The SMILES string of the molecule is Fc1ccc(N2C=C3CCCN3C2c2ccc3ncnn3c2)cc1Cl. The van der Waals surface area contributed by atoms with Gasteiger partial charge in [-0.15, -0.1) is 0 Å². The molecule has 0 N–H and O–H groups in total. The molecule has 2 aliphatic rings. The minimum absolute atomic E-state index is 0.00706. The van der Waals surface area contributed by atoms with Crippen molar-refractivity contribution >= 4 is 22.9 Å². The van der Waals surface area contributed by atoms with Gasteiger partial charge in [0.05, 0.1) is 5.02 Å². The van der Waals surface area contributed by atoms with Crippen molar-refractivity contribution in [1.82, 2.24) is 19.5 Å². The van der Waals surface area contributed by atoms with Crippen LogP contribution in [0, 0.1) is 5.82 Å². The van der Waals surface area contributed by atoms with E-state index in [9.17, 15) is 4.39 Å². The molecule has 126 valence electrons. The number of aromatic nitrogens is 3. The van der Waals surface area contributed by atoms with Gasteiger partial charge in [-0.1, -0.05) is 11.6 Å². The van der Waals surface area contributed by atoms with Gasteiger partial charge in [0.1, 0.15) is 18.3 Å². The average Bonchev–Trinajstić information content (AvgIpc) is 3.31. The summed E-state index contributed by atoms with van der Waals surface area (Å²) in [6.07, 6.45) is 7.89. The quantitative estimate of drug-likeness (QED) is 0.696. The Bertz CT molecular complexity index is 998. The normalized spacial score (nSPS) is 19.6. The number of allylic oxidation sites excluding steroid dienone is 1. The topological polar surface area (TPSA) is 36.7 Å². The van der Waals surface area contributed by atoms with E-state index in [1.165, 1.54) is 11.8 Å². The molecule has 0 spiro atoms. The minimum Gasteiger partial charge on any atom is -0.349 e. The van der Waals surface area contributed by atoms with Crippen LogP contribution in [0.15, 0.2) is 54.8 Å². The Morgan fingerprint density at radius 2 is 2.12 bits per heavy atom. The van der Waals surface area contributed by atoms with Crippen LogP contribution in [0.4, 0.5) is 10.1 Å². The van der Waals surface area contributed by atoms with E-state index in [2.05, 4.69) is 32.1 Å². The van der Waals surface area contributed by atoms with E-state index in [0.29, 0.717) is 0 Å². The van der Waals surface area contributed by atoms with E-state index in [1.54, 1.807) is 23.0 Å². The molecular weight excluding hydrogens is 341 g/mol. The average molecular weight is 356 g/mol. The molecule has 5 rings (SSSR count). The molecule has 7 heteroatoms. The number of anilines is 1. The van der Waals surface area contributed by atoms with Crippen molar-refractivity contribution < 1.29 is 4.39 Å². The van der Waals surface area contributed by atoms with Gasteiger partial charge >= 0.3 is 0 Å². The van der Waals surface area contributed by atoms with Gasteiger partial charge in [-0.3, -0.25) is 0 Å². The third-order valence-electron chi connectivity index (χ3n) is 4.84. The van der Waals surface area contributed by atoms with Crippen LogP contribution in [-0.2, 0) is 0 Å². The van der Waals surface area contributed by atoms with E-state index < -0.39 is 5.82 Å². The number of hydrogen-bond donors (Lipinski definition) is 0. The van der Waals surface area contributed by atoms with Crippen molar-refractivity contribution in [1.29, 1.82) is 0 Å². The highest BCUT2D eigenvalue weighted by Crippen LogP contribution is 2.43.